The molecular weight excluding hydrogens is 246 g/mol. The summed E-state index contributed by atoms with van der Waals surface area (Å²) in [5.74, 6) is 0.678. The maximum Gasteiger partial charge on any atom is 0.127 e. The fourth-order valence-corrected chi connectivity index (χ4v) is 4.01. The van der Waals surface area contributed by atoms with Gasteiger partial charge in [0.05, 0.1) is 0 Å². The SMILES string of the molecule is CC1Cc2ccccc2N(CC2(C=O)CCCCC2)C1. The Morgan fingerprint density at radius 2 is 2.00 bits per heavy atom. The van der Waals surface area contributed by atoms with E-state index in [-0.39, 0.29) is 5.41 Å². The van der Waals surface area contributed by atoms with Gasteiger partial charge in [-0.2, -0.15) is 0 Å². The zero-order chi connectivity index (χ0) is 14.0. The first-order valence-electron chi connectivity index (χ1n) is 8.02. The van der Waals surface area contributed by atoms with Gasteiger partial charge in [-0.05, 0) is 36.8 Å². The van der Waals surface area contributed by atoms with Crippen molar-refractivity contribution in [1.82, 2.24) is 0 Å². The van der Waals surface area contributed by atoms with Crippen LogP contribution in [-0.2, 0) is 11.2 Å². The molecule has 108 valence electrons. The predicted octanol–water partition coefficient (Wildman–Crippen LogP) is 3.83. The molecule has 1 aliphatic heterocycles. The van der Waals surface area contributed by atoms with Crippen molar-refractivity contribution in [3.63, 3.8) is 0 Å². The zero-order valence-corrected chi connectivity index (χ0v) is 12.5. The van der Waals surface area contributed by atoms with Crippen molar-refractivity contribution in [2.24, 2.45) is 11.3 Å². The average molecular weight is 271 g/mol. The summed E-state index contributed by atoms with van der Waals surface area (Å²) in [5.41, 5.74) is 2.71. The summed E-state index contributed by atoms with van der Waals surface area (Å²) in [5, 5.41) is 0. The molecule has 0 spiro atoms. The predicted molar refractivity (Wildman–Crippen MR) is 83.1 cm³/mol. The Morgan fingerprint density at radius 3 is 2.75 bits per heavy atom. The molecule has 20 heavy (non-hydrogen) atoms. The highest BCUT2D eigenvalue weighted by Gasteiger charge is 2.35. The minimum atomic E-state index is -0.0948. The molecule has 1 fully saturated rings. The Bertz CT molecular complexity index is 476. The van der Waals surface area contributed by atoms with E-state index in [1.54, 1.807) is 0 Å². The Kier molecular flexibility index (Phi) is 3.82. The van der Waals surface area contributed by atoms with E-state index in [0.29, 0.717) is 5.92 Å². The highest BCUT2D eigenvalue weighted by molar-refractivity contribution is 5.63. The third kappa shape index (κ3) is 2.61. The van der Waals surface area contributed by atoms with Crippen LogP contribution in [0.3, 0.4) is 0 Å². The monoisotopic (exact) mass is 271 g/mol. The molecule has 0 radical (unpaired) electrons. The second-order valence-electron chi connectivity index (χ2n) is 6.86. The number of hydrogen-bond donors (Lipinski definition) is 0. The largest absolute Gasteiger partial charge is 0.370 e. The Balaban J connectivity index is 1.84. The lowest BCUT2D eigenvalue weighted by molar-refractivity contribution is -0.117. The molecule has 1 aromatic rings. The van der Waals surface area contributed by atoms with Crippen LogP contribution in [0.25, 0.3) is 0 Å². The normalized spacial score (nSPS) is 25.1. The van der Waals surface area contributed by atoms with Gasteiger partial charge < -0.3 is 9.69 Å². The summed E-state index contributed by atoms with van der Waals surface area (Å²) in [6, 6.07) is 8.72. The molecule has 0 bridgehead atoms. The smallest absolute Gasteiger partial charge is 0.127 e. The second-order valence-corrected chi connectivity index (χ2v) is 6.86. The molecule has 1 aliphatic carbocycles. The van der Waals surface area contributed by atoms with Crippen LogP contribution in [0.15, 0.2) is 24.3 Å². The third-order valence-corrected chi connectivity index (χ3v) is 5.04. The minimum Gasteiger partial charge on any atom is -0.370 e. The van der Waals surface area contributed by atoms with Crippen LogP contribution in [0, 0.1) is 11.3 Å². The number of benzene rings is 1. The Labute approximate surface area is 122 Å². The summed E-state index contributed by atoms with van der Waals surface area (Å²) in [6.45, 7) is 4.32. The Hall–Kier alpha value is -1.31. The number of fused-ring (bicyclic) bond motifs is 1. The van der Waals surface area contributed by atoms with E-state index >= 15 is 0 Å². The van der Waals surface area contributed by atoms with Gasteiger partial charge in [-0.15, -0.1) is 0 Å². The molecule has 3 rings (SSSR count). The summed E-state index contributed by atoms with van der Waals surface area (Å²) in [6.07, 6.45) is 8.29. The third-order valence-electron chi connectivity index (χ3n) is 5.04. The first kappa shape index (κ1) is 13.7. The van der Waals surface area contributed by atoms with Crippen LogP contribution >= 0.6 is 0 Å². The molecule has 0 amide bonds. The molecule has 1 heterocycles. The lowest BCUT2D eigenvalue weighted by atomic mass is 9.74. The number of para-hydroxylation sites is 1. The van der Waals surface area contributed by atoms with Crippen molar-refractivity contribution >= 4 is 12.0 Å². The molecular formula is C18H25NO. The number of carbonyl (C=O) groups excluding carboxylic acids is 1. The summed E-state index contributed by atoms with van der Waals surface area (Å²) >= 11 is 0. The molecule has 0 N–H and O–H groups in total. The summed E-state index contributed by atoms with van der Waals surface area (Å²) < 4.78 is 0. The van der Waals surface area contributed by atoms with Crippen molar-refractivity contribution in [2.75, 3.05) is 18.0 Å². The van der Waals surface area contributed by atoms with E-state index in [0.717, 1.165) is 25.9 Å². The van der Waals surface area contributed by atoms with E-state index in [2.05, 4.69) is 36.1 Å². The number of carbonyl (C=O) groups is 1. The highest BCUT2D eigenvalue weighted by Crippen LogP contribution is 2.38. The quantitative estimate of drug-likeness (QED) is 0.779. The molecule has 0 aromatic heterocycles. The highest BCUT2D eigenvalue weighted by atomic mass is 16.1. The van der Waals surface area contributed by atoms with E-state index in [1.165, 1.54) is 43.2 Å². The van der Waals surface area contributed by atoms with Crippen LogP contribution in [0.4, 0.5) is 5.69 Å². The van der Waals surface area contributed by atoms with E-state index < -0.39 is 0 Å². The van der Waals surface area contributed by atoms with Crippen LogP contribution in [0.5, 0.6) is 0 Å². The molecule has 1 atom stereocenters. The summed E-state index contributed by atoms with van der Waals surface area (Å²) in [7, 11) is 0. The van der Waals surface area contributed by atoms with Gasteiger partial charge >= 0.3 is 0 Å². The van der Waals surface area contributed by atoms with Gasteiger partial charge in [-0.1, -0.05) is 44.4 Å². The van der Waals surface area contributed by atoms with E-state index in [4.69, 9.17) is 0 Å². The van der Waals surface area contributed by atoms with Gasteiger partial charge in [0.2, 0.25) is 0 Å². The number of nitrogens with zero attached hydrogens (tertiary/aromatic N) is 1. The van der Waals surface area contributed by atoms with Crippen molar-refractivity contribution < 1.29 is 4.79 Å². The van der Waals surface area contributed by atoms with Crippen molar-refractivity contribution in [2.45, 2.75) is 45.4 Å². The summed E-state index contributed by atoms with van der Waals surface area (Å²) in [4.78, 5) is 14.2. The number of hydrogen-bond acceptors (Lipinski definition) is 2. The van der Waals surface area contributed by atoms with Crippen LogP contribution < -0.4 is 4.90 Å². The molecule has 2 aliphatic rings. The van der Waals surface area contributed by atoms with Crippen molar-refractivity contribution in [1.29, 1.82) is 0 Å². The number of rotatable bonds is 3. The minimum absolute atomic E-state index is 0.0948. The van der Waals surface area contributed by atoms with Gasteiger partial charge in [-0.3, -0.25) is 0 Å². The topological polar surface area (TPSA) is 20.3 Å². The van der Waals surface area contributed by atoms with Crippen molar-refractivity contribution in [3.05, 3.63) is 29.8 Å². The van der Waals surface area contributed by atoms with Gasteiger partial charge in [0.25, 0.3) is 0 Å². The molecule has 2 heteroatoms. The lowest BCUT2D eigenvalue weighted by Crippen LogP contribution is -2.44. The molecule has 1 saturated carbocycles. The average Bonchev–Trinajstić information content (AvgIpc) is 2.48. The lowest BCUT2D eigenvalue weighted by Gasteiger charge is -2.42. The van der Waals surface area contributed by atoms with E-state index in [1.807, 2.05) is 0 Å². The van der Waals surface area contributed by atoms with Gasteiger partial charge in [0, 0.05) is 24.2 Å². The fraction of sp³-hybridized carbons (Fsp3) is 0.611. The van der Waals surface area contributed by atoms with Crippen LogP contribution in [-0.4, -0.2) is 19.4 Å². The van der Waals surface area contributed by atoms with Crippen LogP contribution in [0.1, 0.15) is 44.6 Å². The van der Waals surface area contributed by atoms with Gasteiger partial charge in [0.1, 0.15) is 6.29 Å². The number of anilines is 1. The molecule has 1 unspecified atom stereocenters. The first-order chi connectivity index (χ1) is 9.72. The second kappa shape index (κ2) is 5.59. The van der Waals surface area contributed by atoms with Gasteiger partial charge in [0.15, 0.2) is 0 Å². The molecule has 2 nitrogen and oxygen atoms in total. The molecule has 0 saturated heterocycles. The van der Waals surface area contributed by atoms with E-state index in [9.17, 15) is 4.79 Å². The Morgan fingerprint density at radius 1 is 1.25 bits per heavy atom. The fourth-order valence-electron chi connectivity index (χ4n) is 4.01. The first-order valence-corrected chi connectivity index (χ1v) is 8.02. The van der Waals surface area contributed by atoms with Gasteiger partial charge in [-0.25, -0.2) is 0 Å². The zero-order valence-electron chi connectivity index (χ0n) is 12.5. The maximum atomic E-state index is 11.7. The maximum absolute atomic E-state index is 11.7. The van der Waals surface area contributed by atoms with Crippen LogP contribution in [0.2, 0.25) is 0 Å². The van der Waals surface area contributed by atoms with Crippen molar-refractivity contribution in [3.8, 4) is 0 Å². The standard InChI is InChI=1S/C18H25NO/c1-15-11-16-7-3-4-8-17(16)19(12-15)13-18(14-20)9-5-2-6-10-18/h3-4,7-8,14-15H,2,5-6,9-13H2,1H3. The molecule has 1 aromatic carbocycles. The number of aldehydes is 1.